The van der Waals surface area contributed by atoms with E-state index in [1.165, 1.54) is 28.3 Å². The van der Waals surface area contributed by atoms with E-state index in [1.54, 1.807) is 12.1 Å². The number of carboxylic acids is 1. The number of carboxylic acid groups (broad SMARTS) is 1. The van der Waals surface area contributed by atoms with Crippen LogP contribution >= 0.6 is 0 Å². The smallest absolute Gasteiger partial charge is 0.326 e. The Morgan fingerprint density at radius 1 is 1.20 bits per heavy atom. The van der Waals surface area contributed by atoms with E-state index < -0.39 is 11.5 Å². The number of rotatable bonds is 7. The molecule has 1 atom stereocenters. The topological polar surface area (TPSA) is 100 Å². The molecule has 0 saturated heterocycles. The van der Waals surface area contributed by atoms with Crippen molar-refractivity contribution in [1.29, 1.82) is 0 Å². The van der Waals surface area contributed by atoms with Gasteiger partial charge in [-0.2, -0.15) is 0 Å². The summed E-state index contributed by atoms with van der Waals surface area (Å²) < 4.78 is 20.9. The summed E-state index contributed by atoms with van der Waals surface area (Å²) in [5.74, 6) is 0.477. The van der Waals surface area contributed by atoms with E-state index in [0.717, 1.165) is 0 Å². The highest BCUT2D eigenvalue weighted by Crippen LogP contribution is 2.40. The lowest BCUT2D eigenvalue weighted by Gasteiger charge is -2.20. The zero-order valence-electron chi connectivity index (χ0n) is 11.9. The van der Waals surface area contributed by atoms with Gasteiger partial charge in [0, 0.05) is 12.1 Å². The van der Waals surface area contributed by atoms with Gasteiger partial charge in [-0.15, -0.1) is 0 Å². The quantitative estimate of drug-likeness (QED) is 0.767. The zero-order chi connectivity index (χ0) is 15.3. The highest BCUT2D eigenvalue weighted by molar-refractivity contribution is 5.78. The van der Waals surface area contributed by atoms with Crippen LogP contribution in [0.4, 0.5) is 0 Å². The van der Waals surface area contributed by atoms with Crippen LogP contribution in [0.3, 0.4) is 0 Å². The Kier molecular flexibility index (Phi) is 5.04. The fraction of sp³-hybridized carbons (Fsp3) is 0.462. The molecule has 0 aliphatic heterocycles. The second kappa shape index (κ2) is 6.33. The first-order valence-corrected chi connectivity index (χ1v) is 5.80. The summed E-state index contributed by atoms with van der Waals surface area (Å²) >= 11 is 0. The molecule has 0 aliphatic carbocycles. The molecule has 0 radical (unpaired) electrons. The molecular formula is C13H19NO6. The zero-order valence-corrected chi connectivity index (χ0v) is 11.9. The van der Waals surface area contributed by atoms with E-state index in [1.807, 2.05) is 0 Å². The number of ether oxygens (including phenoxy) is 4. The van der Waals surface area contributed by atoms with Crippen LogP contribution in [-0.2, 0) is 4.79 Å². The van der Waals surface area contributed by atoms with Crippen molar-refractivity contribution in [3.05, 3.63) is 12.1 Å². The molecule has 3 N–H and O–H groups in total. The molecule has 0 aliphatic rings. The van der Waals surface area contributed by atoms with Crippen molar-refractivity contribution in [2.45, 2.75) is 12.5 Å². The number of benzene rings is 1. The summed E-state index contributed by atoms with van der Waals surface area (Å²) in [5, 5.41) is 8.93. The normalized spacial score (nSPS) is 13.2. The summed E-state index contributed by atoms with van der Waals surface area (Å²) in [7, 11) is 4.44. The Balaban J connectivity index is 3.00. The number of hydrogen-bond donors (Lipinski definition) is 2. The maximum atomic E-state index is 10.9. The minimum Gasteiger partial charge on any atom is -0.493 e. The van der Waals surface area contributed by atoms with E-state index >= 15 is 0 Å². The lowest BCUT2D eigenvalue weighted by atomic mass is 10.1. The van der Waals surface area contributed by atoms with Crippen LogP contribution in [0, 0.1) is 0 Å². The SMILES string of the molecule is COc1cc(OCC(C)(N)C(=O)O)cc(OC)c1OC. The van der Waals surface area contributed by atoms with Crippen LogP contribution in [0.15, 0.2) is 12.1 Å². The Morgan fingerprint density at radius 3 is 2.05 bits per heavy atom. The molecule has 0 saturated carbocycles. The van der Waals surface area contributed by atoms with Crippen molar-refractivity contribution in [2.75, 3.05) is 27.9 Å². The summed E-state index contributed by atoms with van der Waals surface area (Å²) in [4.78, 5) is 10.9. The molecule has 0 spiro atoms. The third-order valence-electron chi connectivity index (χ3n) is 2.67. The standard InChI is InChI=1S/C13H19NO6/c1-13(14,12(15)16)7-20-8-5-9(17-2)11(19-4)10(6-8)18-3/h5-6H,7,14H2,1-4H3,(H,15,16). The second-order valence-electron chi connectivity index (χ2n) is 4.37. The van der Waals surface area contributed by atoms with Gasteiger partial charge in [0.1, 0.15) is 17.9 Å². The summed E-state index contributed by atoms with van der Waals surface area (Å²) in [6, 6.07) is 3.14. The van der Waals surface area contributed by atoms with Crippen molar-refractivity contribution in [3.8, 4) is 23.0 Å². The minimum atomic E-state index is -1.49. The molecule has 0 bridgehead atoms. The molecular weight excluding hydrogens is 266 g/mol. The van der Waals surface area contributed by atoms with Crippen LogP contribution in [0.1, 0.15) is 6.92 Å². The largest absolute Gasteiger partial charge is 0.493 e. The first-order valence-electron chi connectivity index (χ1n) is 5.80. The molecule has 0 fully saturated rings. The van der Waals surface area contributed by atoms with Crippen molar-refractivity contribution >= 4 is 5.97 Å². The van der Waals surface area contributed by atoms with Gasteiger partial charge in [0.15, 0.2) is 11.5 Å². The number of methoxy groups -OCH3 is 3. The third kappa shape index (κ3) is 3.45. The summed E-state index contributed by atoms with van der Waals surface area (Å²) in [5.41, 5.74) is 4.11. The van der Waals surface area contributed by atoms with Crippen molar-refractivity contribution in [3.63, 3.8) is 0 Å². The minimum absolute atomic E-state index is 0.193. The van der Waals surface area contributed by atoms with E-state index in [2.05, 4.69) is 0 Å². The number of carbonyl (C=O) groups is 1. The summed E-state index contributed by atoms with van der Waals surface area (Å²) in [6.45, 7) is 1.17. The van der Waals surface area contributed by atoms with E-state index in [9.17, 15) is 4.79 Å². The van der Waals surface area contributed by atoms with Gasteiger partial charge in [0.05, 0.1) is 21.3 Å². The van der Waals surface area contributed by atoms with Gasteiger partial charge in [0.25, 0.3) is 0 Å². The first kappa shape index (κ1) is 15.9. The molecule has 1 aromatic carbocycles. The Morgan fingerprint density at radius 2 is 1.70 bits per heavy atom. The van der Waals surface area contributed by atoms with Gasteiger partial charge in [-0.3, -0.25) is 4.79 Å². The lowest BCUT2D eigenvalue weighted by molar-refractivity contribution is -0.143. The van der Waals surface area contributed by atoms with E-state index in [0.29, 0.717) is 23.0 Å². The monoisotopic (exact) mass is 285 g/mol. The average molecular weight is 285 g/mol. The molecule has 112 valence electrons. The summed E-state index contributed by atoms with van der Waals surface area (Å²) in [6.07, 6.45) is 0. The fourth-order valence-corrected chi connectivity index (χ4v) is 1.44. The highest BCUT2D eigenvalue weighted by atomic mass is 16.5. The Labute approximate surface area is 117 Å². The molecule has 0 aromatic heterocycles. The molecule has 1 unspecified atom stereocenters. The van der Waals surface area contributed by atoms with Crippen molar-refractivity contribution in [1.82, 2.24) is 0 Å². The Hall–Kier alpha value is -2.15. The number of nitrogens with two attached hydrogens (primary N) is 1. The molecule has 0 amide bonds. The van der Waals surface area contributed by atoms with Crippen LogP contribution < -0.4 is 24.7 Å². The van der Waals surface area contributed by atoms with Crippen molar-refractivity contribution < 1.29 is 28.8 Å². The molecule has 0 heterocycles. The third-order valence-corrected chi connectivity index (χ3v) is 2.67. The second-order valence-corrected chi connectivity index (χ2v) is 4.37. The van der Waals surface area contributed by atoms with Gasteiger partial charge < -0.3 is 29.8 Å². The van der Waals surface area contributed by atoms with Gasteiger partial charge in [-0.05, 0) is 6.92 Å². The number of aliphatic carboxylic acids is 1. The van der Waals surface area contributed by atoms with Gasteiger partial charge >= 0.3 is 5.97 Å². The van der Waals surface area contributed by atoms with Crippen molar-refractivity contribution in [2.24, 2.45) is 5.73 Å². The predicted molar refractivity (Wildman–Crippen MR) is 71.8 cm³/mol. The van der Waals surface area contributed by atoms with Gasteiger partial charge in [0.2, 0.25) is 5.75 Å². The maximum absolute atomic E-state index is 10.9. The van der Waals surface area contributed by atoms with Crippen LogP contribution in [0.2, 0.25) is 0 Å². The highest BCUT2D eigenvalue weighted by Gasteiger charge is 2.29. The van der Waals surface area contributed by atoms with Gasteiger partial charge in [-0.25, -0.2) is 0 Å². The van der Waals surface area contributed by atoms with Crippen LogP contribution in [0.25, 0.3) is 0 Å². The van der Waals surface area contributed by atoms with E-state index in [-0.39, 0.29) is 6.61 Å². The Bertz CT molecular complexity index is 461. The fourth-order valence-electron chi connectivity index (χ4n) is 1.44. The van der Waals surface area contributed by atoms with E-state index in [4.69, 9.17) is 29.8 Å². The maximum Gasteiger partial charge on any atom is 0.326 e. The molecule has 1 rings (SSSR count). The molecule has 1 aromatic rings. The van der Waals surface area contributed by atoms with Crippen LogP contribution in [0.5, 0.6) is 23.0 Å². The predicted octanol–water partition coefficient (Wildman–Crippen LogP) is 0.893. The first-order chi connectivity index (χ1) is 9.35. The molecule has 7 nitrogen and oxygen atoms in total. The van der Waals surface area contributed by atoms with Gasteiger partial charge in [-0.1, -0.05) is 0 Å². The van der Waals surface area contributed by atoms with Crippen LogP contribution in [-0.4, -0.2) is 44.6 Å². The average Bonchev–Trinajstić information content (AvgIpc) is 2.43. The molecule has 20 heavy (non-hydrogen) atoms. The number of hydrogen-bond acceptors (Lipinski definition) is 6. The lowest BCUT2D eigenvalue weighted by Crippen LogP contribution is -2.49. The molecule has 7 heteroatoms.